The van der Waals surface area contributed by atoms with E-state index in [4.69, 9.17) is 17.0 Å². The zero-order valence-corrected chi connectivity index (χ0v) is 17.4. The zero-order valence-electron chi connectivity index (χ0n) is 16.5. The number of hydrogen-bond donors (Lipinski definition) is 1. The van der Waals surface area contributed by atoms with Crippen LogP contribution >= 0.6 is 12.2 Å². The number of benzene rings is 1. The maximum absolute atomic E-state index is 5.58. The third-order valence-corrected chi connectivity index (χ3v) is 5.42. The molecule has 1 N–H and O–H groups in total. The maximum atomic E-state index is 5.58. The topological polar surface area (TPSA) is 31.0 Å². The molecule has 0 atom stereocenters. The smallest absolute Gasteiger partial charge is 0.169 e. The van der Waals surface area contributed by atoms with Gasteiger partial charge in [-0.05, 0) is 56.0 Å². The Hall–Kier alpha value is -1.37. The molecule has 1 aromatic carbocycles. The predicted molar refractivity (Wildman–Crippen MR) is 113 cm³/mol. The lowest BCUT2D eigenvalue weighted by Crippen LogP contribution is -2.51. The maximum Gasteiger partial charge on any atom is 0.169 e. The van der Waals surface area contributed by atoms with E-state index in [2.05, 4.69) is 52.1 Å². The first-order chi connectivity index (χ1) is 12.7. The van der Waals surface area contributed by atoms with Gasteiger partial charge in [0.25, 0.3) is 0 Å². The van der Waals surface area contributed by atoms with Gasteiger partial charge in [0, 0.05) is 39.3 Å². The van der Waals surface area contributed by atoms with Crippen molar-refractivity contribution in [1.82, 2.24) is 20.0 Å². The molecule has 0 bridgehead atoms. The average molecular weight is 379 g/mol. The van der Waals surface area contributed by atoms with Crippen LogP contribution in [0.5, 0.6) is 5.75 Å². The van der Waals surface area contributed by atoms with E-state index in [1.165, 1.54) is 5.56 Å². The number of thiocarbonyl (C=S) groups is 1. The molecule has 0 saturated carbocycles. The SMILES string of the molecule is CCN(CC)CCCNC(=S)N1CCN(Cc2cccc(OC)c2)CC1. The van der Waals surface area contributed by atoms with Crippen LogP contribution in [0.15, 0.2) is 24.3 Å². The molecule has 0 aromatic heterocycles. The van der Waals surface area contributed by atoms with Crippen molar-refractivity contribution in [1.29, 1.82) is 0 Å². The van der Waals surface area contributed by atoms with E-state index in [0.717, 1.165) is 76.2 Å². The number of rotatable bonds is 9. The minimum atomic E-state index is 0.908. The summed E-state index contributed by atoms with van der Waals surface area (Å²) < 4.78 is 5.31. The predicted octanol–water partition coefficient (Wildman–Crippen LogP) is 2.42. The normalized spacial score (nSPS) is 15.3. The first-order valence-electron chi connectivity index (χ1n) is 9.76. The molecule has 1 heterocycles. The lowest BCUT2D eigenvalue weighted by molar-refractivity contribution is 0.174. The Bertz CT molecular complexity index is 542. The molecule has 1 aromatic rings. The number of piperazine rings is 1. The summed E-state index contributed by atoms with van der Waals surface area (Å²) in [6.45, 7) is 13.8. The molecule has 6 heteroatoms. The first-order valence-corrected chi connectivity index (χ1v) is 10.2. The Balaban J connectivity index is 1.66. The van der Waals surface area contributed by atoms with Crippen molar-refractivity contribution in [3.05, 3.63) is 29.8 Å². The van der Waals surface area contributed by atoms with Crippen molar-refractivity contribution in [2.24, 2.45) is 0 Å². The van der Waals surface area contributed by atoms with Crippen LogP contribution in [0, 0.1) is 0 Å². The van der Waals surface area contributed by atoms with E-state index in [9.17, 15) is 0 Å². The average Bonchev–Trinajstić information content (AvgIpc) is 2.68. The first kappa shape index (κ1) is 20.9. The summed E-state index contributed by atoms with van der Waals surface area (Å²) in [4.78, 5) is 7.23. The molecule has 1 aliphatic rings. The highest BCUT2D eigenvalue weighted by Gasteiger charge is 2.18. The van der Waals surface area contributed by atoms with Gasteiger partial charge in [0.05, 0.1) is 7.11 Å². The van der Waals surface area contributed by atoms with Gasteiger partial charge >= 0.3 is 0 Å². The Kier molecular flexibility index (Phi) is 9.15. The molecule has 1 aliphatic heterocycles. The molecule has 26 heavy (non-hydrogen) atoms. The van der Waals surface area contributed by atoms with Gasteiger partial charge in [-0.15, -0.1) is 0 Å². The molecule has 1 fully saturated rings. The molecule has 1 saturated heterocycles. The van der Waals surface area contributed by atoms with Gasteiger partial charge < -0.3 is 19.9 Å². The summed E-state index contributed by atoms with van der Waals surface area (Å²) >= 11 is 5.58. The second-order valence-electron chi connectivity index (χ2n) is 6.73. The van der Waals surface area contributed by atoms with Gasteiger partial charge in [0.1, 0.15) is 5.75 Å². The van der Waals surface area contributed by atoms with Crippen LogP contribution in [0.3, 0.4) is 0 Å². The lowest BCUT2D eigenvalue weighted by Gasteiger charge is -2.36. The second-order valence-corrected chi connectivity index (χ2v) is 7.11. The molecule has 2 rings (SSSR count). The van der Waals surface area contributed by atoms with Crippen LogP contribution < -0.4 is 10.1 Å². The van der Waals surface area contributed by atoms with Gasteiger partial charge in [-0.1, -0.05) is 26.0 Å². The van der Waals surface area contributed by atoms with Gasteiger partial charge in [-0.25, -0.2) is 0 Å². The molecular formula is C20H34N4OS. The van der Waals surface area contributed by atoms with Crippen LogP contribution in [0.4, 0.5) is 0 Å². The van der Waals surface area contributed by atoms with E-state index < -0.39 is 0 Å². The Morgan fingerprint density at radius 3 is 2.58 bits per heavy atom. The molecule has 0 unspecified atom stereocenters. The highest BCUT2D eigenvalue weighted by atomic mass is 32.1. The number of nitrogens with one attached hydrogen (secondary N) is 1. The van der Waals surface area contributed by atoms with Crippen LogP contribution in [0.1, 0.15) is 25.8 Å². The fourth-order valence-electron chi connectivity index (χ4n) is 3.29. The van der Waals surface area contributed by atoms with Crippen LogP contribution in [0.25, 0.3) is 0 Å². The van der Waals surface area contributed by atoms with Gasteiger partial charge in [-0.2, -0.15) is 0 Å². The van der Waals surface area contributed by atoms with Crippen molar-refractivity contribution < 1.29 is 4.74 Å². The summed E-state index contributed by atoms with van der Waals surface area (Å²) in [5.41, 5.74) is 1.30. The molecular weight excluding hydrogens is 344 g/mol. The molecule has 0 spiro atoms. The summed E-state index contributed by atoms with van der Waals surface area (Å²) in [5.74, 6) is 0.927. The monoisotopic (exact) mass is 378 g/mol. The quantitative estimate of drug-likeness (QED) is 0.525. The number of nitrogens with zero attached hydrogens (tertiary/aromatic N) is 3. The van der Waals surface area contributed by atoms with E-state index in [-0.39, 0.29) is 0 Å². The molecule has 146 valence electrons. The van der Waals surface area contributed by atoms with E-state index in [0.29, 0.717) is 0 Å². The molecule has 0 aliphatic carbocycles. The van der Waals surface area contributed by atoms with E-state index in [1.54, 1.807) is 7.11 Å². The van der Waals surface area contributed by atoms with Crippen molar-refractivity contribution in [3.63, 3.8) is 0 Å². The minimum absolute atomic E-state index is 0.908. The highest BCUT2D eigenvalue weighted by molar-refractivity contribution is 7.80. The second kappa shape index (κ2) is 11.4. The Morgan fingerprint density at radius 2 is 1.92 bits per heavy atom. The van der Waals surface area contributed by atoms with Crippen molar-refractivity contribution >= 4 is 17.3 Å². The van der Waals surface area contributed by atoms with E-state index in [1.807, 2.05) is 6.07 Å². The van der Waals surface area contributed by atoms with Gasteiger partial charge in [0.2, 0.25) is 0 Å². The lowest BCUT2D eigenvalue weighted by atomic mass is 10.2. The Labute approximate surface area is 164 Å². The van der Waals surface area contributed by atoms with Crippen LogP contribution in [-0.2, 0) is 6.54 Å². The van der Waals surface area contributed by atoms with Crippen molar-refractivity contribution in [3.8, 4) is 5.75 Å². The summed E-state index contributed by atoms with van der Waals surface area (Å²) in [5, 5.41) is 4.34. The largest absolute Gasteiger partial charge is 0.497 e. The fraction of sp³-hybridized carbons (Fsp3) is 0.650. The number of methoxy groups -OCH3 is 1. The van der Waals surface area contributed by atoms with Gasteiger partial charge in [0.15, 0.2) is 5.11 Å². The molecule has 0 amide bonds. The third-order valence-electron chi connectivity index (χ3n) is 5.02. The minimum Gasteiger partial charge on any atom is -0.497 e. The molecule has 0 radical (unpaired) electrons. The highest BCUT2D eigenvalue weighted by Crippen LogP contribution is 2.15. The van der Waals surface area contributed by atoms with Crippen LogP contribution in [0.2, 0.25) is 0 Å². The number of ether oxygens (including phenoxy) is 1. The third kappa shape index (κ3) is 6.74. The van der Waals surface area contributed by atoms with Crippen molar-refractivity contribution in [2.45, 2.75) is 26.8 Å². The van der Waals surface area contributed by atoms with Crippen LogP contribution in [-0.4, -0.2) is 79.3 Å². The number of hydrogen-bond acceptors (Lipinski definition) is 4. The summed E-state index contributed by atoms with van der Waals surface area (Å²) in [6, 6.07) is 8.33. The van der Waals surface area contributed by atoms with Crippen molar-refractivity contribution in [2.75, 3.05) is 59.5 Å². The zero-order chi connectivity index (χ0) is 18.8. The van der Waals surface area contributed by atoms with Gasteiger partial charge in [-0.3, -0.25) is 4.90 Å². The van der Waals surface area contributed by atoms with E-state index >= 15 is 0 Å². The molecule has 5 nitrogen and oxygen atoms in total. The summed E-state index contributed by atoms with van der Waals surface area (Å²) in [7, 11) is 1.72. The summed E-state index contributed by atoms with van der Waals surface area (Å²) in [6.07, 6.45) is 1.14. The standard InChI is InChI=1S/C20H34N4OS/c1-4-22(5-2)11-7-10-21-20(26)24-14-12-23(13-15-24)17-18-8-6-9-19(16-18)25-3/h6,8-9,16H,4-5,7,10-15,17H2,1-3H3,(H,21,26). The Morgan fingerprint density at radius 1 is 1.19 bits per heavy atom. The fourth-order valence-corrected chi connectivity index (χ4v) is 3.57.